The van der Waals surface area contributed by atoms with Crippen molar-refractivity contribution in [3.05, 3.63) is 52.6 Å². The monoisotopic (exact) mass is 426 g/mol. The largest absolute Gasteiger partial charge is 0.340 e. The molecule has 1 fully saturated rings. The van der Waals surface area contributed by atoms with Gasteiger partial charge in [-0.1, -0.05) is 24.6 Å². The van der Waals surface area contributed by atoms with Gasteiger partial charge in [0.05, 0.1) is 17.7 Å². The van der Waals surface area contributed by atoms with Crippen molar-refractivity contribution in [1.29, 1.82) is 0 Å². The van der Waals surface area contributed by atoms with E-state index in [1.165, 1.54) is 42.1 Å². The Morgan fingerprint density at radius 3 is 2.68 bits per heavy atom. The summed E-state index contributed by atoms with van der Waals surface area (Å²) in [6.07, 6.45) is 4.78. The Bertz CT molecular complexity index is 1030. The molecule has 7 nitrogen and oxygen atoms in total. The first kappa shape index (κ1) is 21.2. The van der Waals surface area contributed by atoms with Crippen LogP contribution in [0.3, 0.4) is 0 Å². The van der Waals surface area contributed by atoms with Gasteiger partial charge in [0.2, 0.25) is 17.7 Å². The van der Waals surface area contributed by atoms with Gasteiger partial charge in [-0.2, -0.15) is 5.10 Å². The number of halogens is 1. The zero-order valence-corrected chi connectivity index (χ0v) is 17.9. The number of fused-ring (bicyclic) bond motifs is 1. The molecule has 164 valence electrons. The van der Waals surface area contributed by atoms with Crippen molar-refractivity contribution in [2.75, 3.05) is 14.1 Å². The van der Waals surface area contributed by atoms with Crippen LogP contribution in [0.5, 0.6) is 0 Å². The van der Waals surface area contributed by atoms with E-state index in [4.69, 9.17) is 0 Å². The third-order valence-corrected chi connectivity index (χ3v) is 6.59. The molecule has 2 aromatic rings. The lowest BCUT2D eigenvalue weighted by Gasteiger charge is -2.29. The molecule has 1 saturated heterocycles. The first-order valence-electron chi connectivity index (χ1n) is 10.7. The standard InChI is InChI=1S/C23H27FN4O3/c1-27(14-19-15-8-4-3-5-11-18(15)25-26-19)20(29)12-23(13-21(30)28(2)22(23)31)16-9-6-7-10-17(16)24/h6-7,9-10H,3-5,8,11-14H2,1-2H3,(H,25,26). The van der Waals surface area contributed by atoms with Gasteiger partial charge >= 0.3 is 0 Å². The average molecular weight is 426 g/mol. The fourth-order valence-electron chi connectivity index (χ4n) is 4.74. The van der Waals surface area contributed by atoms with Gasteiger partial charge in [0, 0.05) is 38.2 Å². The van der Waals surface area contributed by atoms with Crippen molar-refractivity contribution < 1.29 is 18.8 Å². The number of nitrogens with one attached hydrogen (secondary N) is 1. The quantitative estimate of drug-likeness (QED) is 0.588. The first-order valence-corrected chi connectivity index (χ1v) is 10.7. The SMILES string of the molecule is CN(Cc1n[nH]c2c1CCCCC2)C(=O)CC1(c2ccccc2F)CC(=O)N(C)C1=O. The topological polar surface area (TPSA) is 86.4 Å². The molecule has 31 heavy (non-hydrogen) atoms. The molecule has 1 N–H and O–H groups in total. The van der Waals surface area contributed by atoms with E-state index in [0.717, 1.165) is 42.0 Å². The number of nitrogens with zero attached hydrogens (tertiary/aromatic N) is 3. The normalized spacial score (nSPS) is 21.2. The Morgan fingerprint density at radius 2 is 1.97 bits per heavy atom. The van der Waals surface area contributed by atoms with Crippen molar-refractivity contribution in [3.63, 3.8) is 0 Å². The zero-order chi connectivity index (χ0) is 22.2. The minimum atomic E-state index is -1.52. The van der Waals surface area contributed by atoms with Gasteiger partial charge in [-0.3, -0.25) is 24.4 Å². The fourth-order valence-corrected chi connectivity index (χ4v) is 4.74. The number of carbonyl (C=O) groups excluding carboxylic acids is 3. The molecule has 0 radical (unpaired) electrons. The number of rotatable bonds is 5. The lowest BCUT2D eigenvalue weighted by molar-refractivity contribution is -0.141. The highest BCUT2D eigenvalue weighted by atomic mass is 19.1. The molecule has 1 aromatic heterocycles. The van der Waals surface area contributed by atoms with Gasteiger partial charge in [-0.15, -0.1) is 0 Å². The molecule has 4 rings (SSSR count). The Labute approximate surface area is 180 Å². The summed E-state index contributed by atoms with van der Waals surface area (Å²) in [5.74, 6) is -1.88. The van der Waals surface area contributed by atoms with Gasteiger partial charge in [-0.05, 0) is 37.3 Å². The number of aryl methyl sites for hydroxylation is 1. The lowest BCUT2D eigenvalue weighted by atomic mass is 9.75. The van der Waals surface area contributed by atoms with E-state index in [0.29, 0.717) is 6.54 Å². The molecule has 2 heterocycles. The van der Waals surface area contributed by atoms with Crippen LogP contribution in [-0.2, 0) is 39.2 Å². The molecule has 1 aliphatic carbocycles. The van der Waals surface area contributed by atoms with Crippen molar-refractivity contribution >= 4 is 17.7 Å². The van der Waals surface area contributed by atoms with E-state index < -0.39 is 23.0 Å². The number of likely N-dealkylation sites (tertiary alicyclic amines) is 1. The summed E-state index contributed by atoms with van der Waals surface area (Å²) in [6.45, 7) is 0.302. The maximum atomic E-state index is 14.7. The Kier molecular flexibility index (Phi) is 5.64. The molecular formula is C23H27FN4O3. The molecule has 1 aliphatic heterocycles. The van der Waals surface area contributed by atoms with Crippen molar-refractivity contribution in [1.82, 2.24) is 20.0 Å². The summed E-state index contributed by atoms with van der Waals surface area (Å²) in [5, 5.41) is 7.51. The van der Waals surface area contributed by atoms with E-state index in [1.807, 2.05) is 0 Å². The second kappa shape index (κ2) is 8.24. The predicted molar refractivity (Wildman–Crippen MR) is 111 cm³/mol. The molecule has 1 atom stereocenters. The summed E-state index contributed by atoms with van der Waals surface area (Å²) in [7, 11) is 3.03. The minimum Gasteiger partial charge on any atom is -0.340 e. The number of carbonyl (C=O) groups is 3. The zero-order valence-electron chi connectivity index (χ0n) is 17.9. The number of benzene rings is 1. The van der Waals surface area contributed by atoms with Crippen LogP contribution in [-0.4, -0.2) is 51.8 Å². The number of hydrogen-bond donors (Lipinski definition) is 1. The molecule has 1 aromatic carbocycles. The number of aromatic nitrogens is 2. The molecule has 2 aliphatic rings. The molecule has 1 unspecified atom stereocenters. The van der Waals surface area contributed by atoms with E-state index in [-0.39, 0.29) is 24.3 Å². The lowest BCUT2D eigenvalue weighted by Crippen LogP contribution is -2.42. The van der Waals surface area contributed by atoms with Gasteiger partial charge in [0.25, 0.3) is 0 Å². The molecule has 0 spiro atoms. The van der Waals surface area contributed by atoms with Crippen LogP contribution in [0.1, 0.15) is 54.6 Å². The van der Waals surface area contributed by atoms with E-state index in [2.05, 4.69) is 10.2 Å². The van der Waals surface area contributed by atoms with Crippen LogP contribution in [0.25, 0.3) is 0 Å². The first-order chi connectivity index (χ1) is 14.8. The summed E-state index contributed by atoms with van der Waals surface area (Å²) in [5.41, 5.74) is 1.71. The Morgan fingerprint density at radius 1 is 1.23 bits per heavy atom. The van der Waals surface area contributed by atoms with E-state index in [9.17, 15) is 18.8 Å². The Hall–Kier alpha value is -3.03. The molecule has 0 bridgehead atoms. The summed E-state index contributed by atoms with van der Waals surface area (Å²) in [4.78, 5) is 41.1. The average Bonchev–Trinajstić information content (AvgIpc) is 3.09. The highest BCUT2D eigenvalue weighted by Gasteiger charge is 2.53. The molecule has 8 heteroatoms. The van der Waals surface area contributed by atoms with Crippen LogP contribution in [0.2, 0.25) is 0 Å². The number of imide groups is 1. The summed E-state index contributed by atoms with van der Waals surface area (Å²) in [6, 6.07) is 5.87. The van der Waals surface area contributed by atoms with Crippen LogP contribution >= 0.6 is 0 Å². The molecule has 0 saturated carbocycles. The maximum Gasteiger partial charge on any atom is 0.240 e. The fraction of sp³-hybridized carbons (Fsp3) is 0.478. The van der Waals surface area contributed by atoms with Gasteiger partial charge in [-0.25, -0.2) is 4.39 Å². The van der Waals surface area contributed by atoms with E-state index >= 15 is 0 Å². The summed E-state index contributed by atoms with van der Waals surface area (Å²) < 4.78 is 14.7. The predicted octanol–water partition coefficient (Wildman–Crippen LogP) is 2.49. The number of H-pyrrole nitrogens is 1. The van der Waals surface area contributed by atoms with Gasteiger partial charge in [0.15, 0.2) is 0 Å². The molecular weight excluding hydrogens is 399 g/mol. The van der Waals surface area contributed by atoms with E-state index in [1.54, 1.807) is 13.1 Å². The third-order valence-electron chi connectivity index (χ3n) is 6.59. The van der Waals surface area contributed by atoms with Gasteiger partial charge < -0.3 is 4.90 Å². The van der Waals surface area contributed by atoms with Crippen molar-refractivity contribution in [2.24, 2.45) is 0 Å². The van der Waals surface area contributed by atoms with Crippen molar-refractivity contribution in [2.45, 2.75) is 56.9 Å². The summed E-state index contributed by atoms with van der Waals surface area (Å²) >= 11 is 0. The van der Waals surface area contributed by atoms with Crippen LogP contribution < -0.4 is 0 Å². The second-order valence-corrected chi connectivity index (χ2v) is 8.61. The smallest absolute Gasteiger partial charge is 0.240 e. The highest BCUT2D eigenvalue weighted by molar-refractivity contribution is 6.10. The number of aromatic amines is 1. The maximum absolute atomic E-state index is 14.7. The van der Waals surface area contributed by atoms with Crippen LogP contribution in [0, 0.1) is 5.82 Å². The molecule has 3 amide bonds. The number of likely N-dealkylation sites (N-methyl/N-ethyl adjacent to an activating group) is 1. The second-order valence-electron chi connectivity index (χ2n) is 8.61. The van der Waals surface area contributed by atoms with Crippen molar-refractivity contribution in [3.8, 4) is 0 Å². The van der Waals surface area contributed by atoms with Crippen LogP contribution in [0.4, 0.5) is 4.39 Å². The highest BCUT2D eigenvalue weighted by Crippen LogP contribution is 2.41. The number of amides is 3. The number of hydrogen-bond acceptors (Lipinski definition) is 4. The Balaban J connectivity index is 1.59. The van der Waals surface area contributed by atoms with Crippen LogP contribution in [0.15, 0.2) is 24.3 Å². The minimum absolute atomic E-state index is 0.0908. The van der Waals surface area contributed by atoms with Gasteiger partial charge in [0.1, 0.15) is 5.82 Å². The third kappa shape index (κ3) is 3.75.